The fourth-order valence-corrected chi connectivity index (χ4v) is 8.21. The molecule has 5 heteroatoms. The minimum Gasteiger partial charge on any atom is -0.613 e. The van der Waals surface area contributed by atoms with Gasteiger partial charge in [0.15, 0.2) is 5.36 Å². The van der Waals surface area contributed by atoms with Gasteiger partial charge in [-0.15, -0.1) is 0 Å². The highest BCUT2D eigenvalue weighted by Gasteiger charge is 2.59. The predicted molar refractivity (Wildman–Crippen MR) is 190 cm³/mol. The Morgan fingerprint density at radius 2 is 1.31 bits per heavy atom. The van der Waals surface area contributed by atoms with E-state index < -0.39 is 6.82 Å². The van der Waals surface area contributed by atoms with E-state index in [1.54, 1.807) is 0 Å². The van der Waals surface area contributed by atoms with Crippen molar-refractivity contribution in [2.75, 3.05) is 17.9 Å². The Bertz CT molecular complexity index is 1970. The van der Waals surface area contributed by atoms with Gasteiger partial charge >= 0.3 is 6.82 Å². The molecule has 5 aromatic rings. The molecule has 8 rings (SSSR count). The molecular weight excluding hydrogens is 551 g/mol. The van der Waals surface area contributed by atoms with Crippen molar-refractivity contribution in [3.8, 4) is 5.75 Å². The first-order chi connectivity index (χ1) is 22.2. The summed E-state index contributed by atoms with van der Waals surface area (Å²) in [4.78, 5) is 2.53. The van der Waals surface area contributed by atoms with Crippen LogP contribution in [0.3, 0.4) is 0 Å². The van der Waals surface area contributed by atoms with Crippen LogP contribution in [0.5, 0.6) is 5.75 Å². The molecule has 3 aliphatic rings. The van der Waals surface area contributed by atoms with Crippen LogP contribution in [0.4, 0.5) is 5.69 Å². The van der Waals surface area contributed by atoms with E-state index in [9.17, 15) is 0 Å². The Morgan fingerprint density at radius 1 is 0.622 bits per heavy atom. The van der Waals surface area contributed by atoms with Gasteiger partial charge in [0.2, 0.25) is 0 Å². The smallest absolute Gasteiger partial charge is 0.613 e. The molecule has 0 aromatic heterocycles. The highest BCUT2D eigenvalue weighted by Crippen LogP contribution is 2.48. The fraction of sp³-hybridized carbons (Fsp3) is 0.350. The van der Waals surface area contributed by atoms with Crippen LogP contribution in [0.2, 0.25) is 0 Å². The molecule has 1 unspecified atom stereocenters. The van der Waals surface area contributed by atoms with Crippen LogP contribution in [0, 0.1) is 6.10 Å². The molecule has 0 saturated heterocycles. The largest absolute Gasteiger partial charge is 0.714 e. The van der Waals surface area contributed by atoms with E-state index in [1.165, 1.54) is 106 Å². The van der Waals surface area contributed by atoms with Crippen molar-refractivity contribution in [1.82, 2.24) is 4.49 Å². The topological polar surface area (TPSA) is 24.7 Å². The third kappa shape index (κ3) is 4.65. The Labute approximate surface area is 267 Å². The number of nitrogens with zero attached hydrogens (tertiary/aromatic N) is 2. The van der Waals surface area contributed by atoms with E-state index in [0.717, 1.165) is 37.8 Å². The van der Waals surface area contributed by atoms with E-state index in [2.05, 4.69) is 108 Å². The van der Waals surface area contributed by atoms with Gasteiger partial charge in [0, 0.05) is 29.1 Å². The number of hydrogen-bond donors (Lipinski definition) is 0. The molecule has 0 N–H and O–H groups in total. The van der Waals surface area contributed by atoms with Crippen molar-refractivity contribution < 1.29 is 9.31 Å². The van der Waals surface area contributed by atoms with Gasteiger partial charge < -0.3 is 18.6 Å². The lowest BCUT2D eigenvalue weighted by Gasteiger charge is -2.53. The second-order valence-electron chi connectivity index (χ2n) is 13.3. The Balaban J connectivity index is 1.34. The Morgan fingerprint density at radius 3 is 2.11 bits per heavy atom. The SMILES string of the molecule is CCCCCCCN1c2ccc3cccc4c3c2[C](C=C4)O[B-]12Oc1ccc3cccc4ccc(c1c34)=[N+]2CCCCCCC. The first-order valence-electron chi connectivity index (χ1n) is 17.5. The van der Waals surface area contributed by atoms with E-state index in [-0.39, 0.29) is 0 Å². The van der Waals surface area contributed by atoms with Crippen molar-refractivity contribution >= 4 is 50.9 Å². The standard InChI is InChI=1S/C40H44BN2O2/c1-3-5-7-9-11-27-42-33-23-19-29-15-13-17-31-21-25-35(39(33)37(29)31)44-41(42)43(28-12-10-8-6-4-2)34-24-20-30-16-14-18-32-22-26-36(45-41)40(34)38(30)32/h13-26H,3-12,27-28H2,1-2H3. The monoisotopic (exact) mass is 595 g/mol. The molecule has 0 bridgehead atoms. The Kier molecular flexibility index (Phi) is 7.53. The normalized spacial score (nSPS) is 18.5. The molecule has 0 amide bonds. The first kappa shape index (κ1) is 28.6. The molecule has 45 heavy (non-hydrogen) atoms. The minimum absolute atomic E-state index is 0.888. The highest BCUT2D eigenvalue weighted by molar-refractivity contribution is 6.71. The van der Waals surface area contributed by atoms with Gasteiger partial charge in [0.25, 0.3) is 0 Å². The summed E-state index contributed by atoms with van der Waals surface area (Å²) in [6, 6.07) is 26.9. The zero-order valence-corrected chi connectivity index (χ0v) is 26.9. The maximum atomic E-state index is 7.41. The fourth-order valence-electron chi connectivity index (χ4n) is 8.21. The van der Waals surface area contributed by atoms with Crippen LogP contribution in [-0.2, 0) is 4.65 Å². The van der Waals surface area contributed by atoms with Gasteiger partial charge in [-0.2, -0.15) is 0 Å². The molecule has 1 spiro atoms. The lowest BCUT2D eigenvalue weighted by Crippen LogP contribution is -2.76. The van der Waals surface area contributed by atoms with E-state index in [1.807, 2.05) is 0 Å². The van der Waals surface area contributed by atoms with Crippen LogP contribution < -0.4 is 19.3 Å². The van der Waals surface area contributed by atoms with Crippen LogP contribution in [0.25, 0.3) is 38.4 Å². The van der Waals surface area contributed by atoms with Crippen molar-refractivity contribution in [2.45, 2.75) is 78.1 Å². The summed E-state index contributed by atoms with van der Waals surface area (Å²) >= 11 is 0. The molecule has 1 radical (unpaired) electrons. The van der Waals surface area contributed by atoms with E-state index in [0.29, 0.717) is 0 Å². The molecule has 4 nitrogen and oxygen atoms in total. The molecule has 0 saturated carbocycles. The molecule has 5 aromatic carbocycles. The summed E-state index contributed by atoms with van der Waals surface area (Å²) < 4.78 is 17.4. The summed E-state index contributed by atoms with van der Waals surface area (Å²) in [6.07, 6.45) is 17.5. The van der Waals surface area contributed by atoms with Crippen LogP contribution in [-0.4, -0.2) is 19.9 Å². The van der Waals surface area contributed by atoms with Gasteiger partial charge in [0.05, 0.1) is 17.7 Å². The van der Waals surface area contributed by atoms with Gasteiger partial charge in [0.1, 0.15) is 6.10 Å². The maximum Gasteiger partial charge on any atom is 0.714 e. The molecular formula is C40H44BN2O2. The lowest BCUT2D eigenvalue weighted by atomic mass is 9.74. The molecule has 2 heterocycles. The number of hydrogen-bond acceptors (Lipinski definition) is 3. The van der Waals surface area contributed by atoms with Crippen molar-refractivity contribution in [3.05, 3.63) is 101 Å². The van der Waals surface area contributed by atoms with Gasteiger partial charge in [-0.25, -0.2) is 0 Å². The van der Waals surface area contributed by atoms with Gasteiger partial charge in [-0.05, 0) is 70.8 Å². The van der Waals surface area contributed by atoms with Crippen molar-refractivity contribution in [2.24, 2.45) is 0 Å². The number of unbranched alkanes of at least 4 members (excludes halogenated alkanes) is 8. The average molecular weight is 596 g/mol. The molecule has 229 valence electrons. The van der Waals surface area contributed by atoms with Crippen LogP contribution in [0.1, 0.15) is 89.2 Å². The highest BCUT2D eigenvalue weighted by atomic mass is 16.6. The van der Waals surface area contributed by atoms with Crippen LogP contribution in [0.15, 0.2) is 78.9 Å². The summed E-state index contributed by atoms with van der Waals surface area (Å²) in [7, 11) is 0. The second kappa shape index (κ2) is 11.8. The number of rotatable bonds is 12. The Hall–Kier alpha value is -3.83. The molecule has 1 atom stereocenters. The molecule has 0 fully saturated rings. The first-order valence-corrected chi connectivity index (χ1v) is 17.5. The third-order valence-corrected chi connectivity index (χ3v) is 10.4. The molecule has 2 aliphatic heterocycles. The van der Waals surface area contributed by atoms with Crippen molar-refractivity contribution in [1.29, 1.82) is 0 Å². The van der Waals surface area contributed by atoms with Gasteiger partial charge in [-0.1, -0.05) is 113 Å². The van der Waals surface area contributed by atoms with E-state index >= 15 is 0 Å². The third-order valence-electron chi connectivity index (χ3n) is 10.4. The van der Waals surface area contributed by atoms with Gasteiger partial charge in [-0.3, -0.25) is 0 Å². The second-order valence-corrected chi connectivity index (χ2v) is 13.3. The number of benzene rings is 5. The minimum atomic E-state index is -2.08. The predicted octanol–water partition coefficient (Wildman–Crippen LogP) is 9.57. The zero-order chi connectivity index (χ0) is 30.4. The zero-order valence-electron chi connectivity index (χ0n) is 26.9. The van der Waals surface area contributed by atoms with E-state index in [4.69, 9.17) is 9.31 Å². The van der Waals surface area contributed by atoms with Crippen LogP contribution >= 0.6 is 0 Å². The maximum absolute atomic E-state index is 7.41. The summed E-state index contributed by atoms with van der Waals surface area (Å²) in [5.41, 5.74) is 3.71. The average Bonchev–Trinajstić information content (AvgIpc) is 3.07. The van der Waals surface area contributed by atoms with Crippen molar-refractivity contribution in [3.63, 3.8) is 0 Å². The number of anilines is 1. The summed E-state index contributed by atoms with van der Waals surface area (Å²) in [5, 5.41) is 8.80. The lowest BCUT2D eigenvalue weighted by molar-refractivity contribution is 0.239. The summed E-state index contributed by atoms with van der Waals surface area (Å²) in [5.74, 6) is 0.929. The summed E-state index contributed by atoms with van der Waals surface area (Å²) in [6.45, 7) is 4.27. The quantitative estimate of drug-likeness (QED) is 0.106. The molecule has 1 aliphatic carbocycles.